The molecular formula is C16H32N4O. The van der Waals surface area contributed by atoms with Gasteiger partial charge in [-0.25, -0.2) is 0 Å². The molecule has 2 fully saturated rings. The average Bonchev–Trinajstić information content (AvgIpc) is 2.52. The summed E-state index contributed by atoms with van der Waals surface area (Å²) in [5.74, 6) is 0.873. The zero-order valence-electron chi connectivity index (χ0n) is 13.7. The van der Waals surface area contributed by atoms with Crippen molar-refractivity contribution >= 4 is 5.91 Å². The first-order valence-corrected chi connectivity index (χ1v) is 8.53. The summed E-state index contributed by atoms with van der Waals surface area (Å²) in [5.41, 5.74) is 0. The second-order valence-electron chi connectivity index (χ2n) is 6.84. The summed E-state index contributed by atoms with van der Waals surface area (Å²) in [6.07, 6.45) is 5.80. The summed E-state index contributed by atoms with van der Waals surface area (Å²) in [5, 5.41) is 6.47. The Morgan fingerprint density at radius 1 is 1.24 bits per heavy atom. The van der Waals surface area contributed by atoms with Gasteiger partial charge in [-0.15, -0.1) is 0 Å². The van der Waals surface area contributed by atoms with Crippen LogP contribution in [0.3, 0.4) is 0 Å². The molecule has 2 aliphatic rings. The van der Waals surface area contributed by atoms with Crippen LogP contribution in [-0.4, -0.2) is 75.1 Å². The van der Waals surface area contributed by atoms with Crippen LogP contribution >= 0.6 is 0 Å². The minimum Gasteiger partial charge on any atom is -0.354 e. The largest absolute Gasteiger partial charge is 0.354 e. The SMILES string of the molecule is CN(C)CCN1CCC(CNC(=O)[C@H]2CCCCN2)CC1. The van der Waals surface area contributed by atoms with Crippen molar-refractivity contribution in [3.63, 3.8) is 0 Å². The Morgan fingerprint density at radius 2 is 2.00 bits per heavy atom. The molecule has 0 bridgehead atoms. The number of carbonyl (C=O) groups is 1. The van der Waals surface area contributed by atoms with Crippen LogP contribution in [0.2, 0.25) is 0 Å². The number of amides is 1. The maximum Gasteiger partial charge on any atom is 0.237 e. The molecule has 5 heteroatoms. The molecule has 1 amide bonds. The number of nitrogens with zero attached hydrogens (tertiary/aromatic N) is 2. The lowest BCUT2D eigenvalue weighted by molar-refractivity contribution is -0.123. The van der Waals surface area contributed by atoms with E-state index in [-0.39, 0.29) is 11.9 Å². The first kappa shape index (κ1) is 16.7. The number of nitrogens with one attached hydrogen (secondary N) is 2. The molecule has 0 aromatic heterocycles. The van der Waals surface area contributed by atoms with Gasteiger partial charge in [0.2, 0.25) is 5.91 Å². The molecule has 2 saturated heterocycles. The Hall–Kier alpha value is -0.650. The molecule has 2 heterocycles. The molecular weight excluding hydrogens is 264 g/mol. The van der Waals surface area contributed by atoms with Crippen molar-refractivity contribution in [2.45, 2.75) is 38.1 Å². The summed E-state index contributed by atoms with van der Waals surface area (Å²) in [6.45, 7) is 6.50. The van der Waals surface area contributed by atoms with E-state index in [1.54, 1.807) is 0 Å². The van der Waals surface area contributed by atoms with Gasteiger partial charge in [0, 0.05) is 19.6 Å². The monoisotopic (exact) mass is 296 g/mol. The fourth-order valence-corrected chi connectivity index (χ4v) is 3.20. The van der Waals surface area contributed by atoms with E-state index in [1.165, 1.54) is 38.8 Å². The molecule has 2 aliphatic heterocycles. The average molecular weight is 296 g/mol. The number of rotatable bonds is 6. The fourth-order valence-electron chi connectivity index (χ4n) is 3.20. The van der Waals surface area contributed by atoms with E-state index in [4.69, 9.17) is 0 Å². The standard InChI is InChI=1S/C16H32N4O/c1-19(2)11-12-20-9-6-14(7-10-20)13-18-16(21)15-5-3-4-8-17-15/h14-15,17H,3-13H2,1-2H3,(H,18,21)/t15-/m1/s1. The van der Waals surface area contributed by atoms with Crippen molar-refractivity contribution < 1.29 is 4.79 Å². The summed E-state index contributed by atoms with van der Waals surface area (Å²) in [4.78, 5) is 16.9. The van der Waals surface area contributed by atoms with Gasteiger partial charge in [0.1, 0.15) is 0 Å². The lowest BCUT2D eigenvalue weighted by Crippen LogP contribution is -2.48. The van der Waals surface area contributed by atoms with Crippen molar-refractivity contribution in [2.75, 3.05) is 53.4 Å². The van der Waals surface area contributed by atoms with Crippen LogP contribution in [0.1, 0.15) is 32.1 Å². The van der Waals surface area contributed by atoms with Gasteiger partial charge in [-0.2, -0.15) is 0 Å². The second-order valence-corrected chi connectivity index (χ2v) is 6.84. The van der Waals surface area contributed by atoms with Crippen LogP contribution in [0.5, 0.6) is 0 Å². The van der Waals surface area contributed by atoms with Crippen molar-refractivity contribution in [1.29, 1.82) is 0 Å². The molecule has 2 rings (SSSR count). The van der Waals surface area contributed by atoms with Crippen LogP contribution in [0.4, 0.5) is 0 Å². The number of carbonyl (C=O) groups excluding carboxylic acids is 1. The van der Waals surface area contributed by atoms with Crippen LogP contribution < -0.4 is 10.6 Å². The quantitative estimate of drug-likeness (QED) is 0.750. The Morgan fingerprint density at radius 3 is 2.62 bits per heavy atom. The van der Waals surface area contributed by atoms with Crippen LogP contribution in [-0.2, 0) is 4.79 Å². The molecule has 0 radical (unpaired) electrons. The molecule has 122 valence electrons. The highest BCUT2D eigenvalue weighted by Gasteiger charge is 2.23. The summed E-state index contributed by atoms with van der Waals surface area (Å²) in [7, 11) is 4.25. The molecule has 0 aliphatic carbocycles. The maximum absolute atomic E-state index is 12.1. The molecule has 21 heavy (non-hydrogen) atoms. The molecule has 1 atom stereocenters. The Balaban J connectivity index is 1.59. The van der Waals surface area contributed by atoms with Crippen LogP contribution in [0.25, 0.3) is 0 Å². The van der Waals surface area contributed by atoms with Crippen molar-refractivity contribution in [1.82, 2.24) is 20.4 Å². The normalized spacial score (nSPS) is 25.2. The van der Waals surface area contributed by atoms with Crippen LogP contribution in [0, 0.1) is 5.92 Å². The number of hydrogen-bond donors (Lipinski definition) is 2. The van der Waals surface area contributed by atoms with E-state index >= 15 is 0 Å². The van der Waals surface area contributed by atoms with E-state index in [0.29, 0.717) is 5.92 Å². The minimum absolute atomic E-state index is 0.0546. The van der Waals surface area contributed by atoms with Gasteiger partial charge >= 0.3 is 0 Å². The number of hydrogen-bond acceptors (Lipinski definition) is 4. The van der Waals surface area contributed by atoms with Gasteiger partial charge in [0.25, 0.3) is 0 Å². The molecule has 0 aromatic rings. The first-order chi connectivity index (χ1) is 10.1. The molecule has 0 unspecified atom stereocenters. The molecule has 0 saturated carbocycles. The van der Waals surface area contributed by atoms with Gasteiger partial charge in [0.15, 0.2) is 0 Å². The highest BCUT2D eigenvalue weighted by Crippen LogP contribution is 2.16. The van der Waals surface area contributed by atoms with Gasteiger partial charge in [-0.05, 0) is 65.3 Å². The predicted molar refractivity (Wildman–Crippen MR) is 86.4 cm³/mol. The summed E-state index contributed by atoms with van der Waals surface area (Å²) < 4.78 is 0. The molecule has 0 aromatic carbocycles. The zero-order chi connectivity index (χ0) is 15.1. The third kappa shape index (κ3) is 5.93. The first-order valence-electron chi connectivity index (χ1n) is 8.53. The lowest BCUT2D eigenvalue weighted by atomic mass is 9.96. The van der Waals surface area contributed by atoms with E-state index in [1.807, 2.05) is 0 Å². The van der Waals surface area contributed by atoms with Gasteiger partial charge in [-0.1, -0.05) is 6.42 Å². The lowest BCUT2D eigenvalue weighted by Gasteiger charge is -2.33. The number of likely N-dealkylation sites (N-methyl/N-ethyl adjacent to an activating group) is 1. The van der Waals surface area contributed by atoms with Crippen molar-refractivity contribution in [3.05, 3.63) is 0 Å². The van der Waals surface area contributed by atoms with E-state index in [2.05, 4.69) is 34.5 Å². The summed E-state index contributed by atoms with van der Waals surface area (Å²) in [6, 6.07) is 0.0546. The minimum atomic E-state index is 0.0546. The third-order valence-electron chi connectivity index (χ3n) is 4.76. The van der Waals surface area contributed by atoms with Crippen molar-refractivity contribution in [2.24, 2.45) is 5.92 Å². The zero-order valence-corrected chi connectivity index (χ0v) is 13.7. The van der Waals surface area contributed by atoms with Gasteiger partial charge < -0.3 is 20.4 Å². The Bertz CT molecular complexity index is 307. The molecule has 2 N–H and O–H groups in total. The second kappa shape index (κ2) is 8.71. The number of piperidine rings is 2. The third-order valence-corrected chi connectivity index (χ3v) is 4.76. The topological polar surface area (TPSA) is 47.6 Å². The summed E-state index contributed by atoms with van der Waals surface area (Å²) >= 11 is 0. The maximum atomic E-state index is 12.1. The predicted octanol–water partition coefficient (Wildman–Crippen LogP) is 0.518. The Labute approximate surface area is 129 Å². The number of likely N-dealkylation sites (tertiary alicyclic amines) is 1. The highest BCUT2D eigenvalue weighted by atomic mass is 16.2. The Kier molecular flexibility index (Phi) is 6.93. The van der Waals surface area contributed by atoms with Gasteiger partial charge in [0.05, 0.1) is 6.04 Å². The van der Waals surface area contributed by atoms with E-state index in [9.17, 15) is 4.79 Å². The highest BCUT2D eigenvalue weighted by molar-refractivity contribution is 5.81. The molecule has 5 nitrogen and oxygen atoms in total. The molecule has 0 spiro atoms. The van der Waals surface area contributed by atoms with Gasteiger partial charge in [-0.3, -0.25) is 4.79 Å². The van der Waals surface area contributed by atoms with Crippen molar-refractivity contribution in [3.8, 4) is 0 Å². The fraction of sp³-hybridized carbons (Fsp3) is 0.938. The smallest absolute Gasteiger partial charge is 0.237 e. The van der Waals surface area contributed by atoms with E-state index in [0.717, 1.165) is 32.6 Å². The van der Waals surface area contributed by atoms with Crippen LogP contribution in [0.15, 0.2) is 0 Å². The van der Waals surface area contributed by atoms with E-state index < -0.39 is 0 Å².